The van der Waals surface area contributed by atoms with Gasteiger partial charge in [0.25, 0.3) is 0 Å². The van der Waals surface area contributed by atoms with Gasteiger partial charge in [0, 0.05) is 30.9 Å². The van der Waals surface area contributed by atoms with Gasteiger partial charge in [-0.3, -0.25) is 4.79 Å². The summed E-state index contributed by atoms with van der Waals surface area (Å²) in [6.07, 6.45) is 2.05. The lowest BCUT2D eigenvalue weighted by Gasteiger charge is -2.20. The summed E-state index contributed by atoms with van der Waals surface area (Å²) < 4.78 is 26.8. The van der Waals surface area contributed by atoms with E-state index in [1.54, 1.807) is 17.0 Å². The monoisotopic (exact) mass is 302 g/mol. The standard InChI is InChI=1S/C12H18N2O3S2/c1-9-3-6-12(18-9)19(16,17)13-7-8-14(10(2)15)11-4-5-11/h3,6,11,13H,4-5,7-8H2,1-2H3. The van der Waals surface area contributed by atoms with Crippen LogP contribution in [0, 0.1) is 6.92 Å². The van der Waals surface area contributed by atoms with Crippen molar-refractivity contribution < 1.29 is 13.2 Å². The van der Waals surface area contributed by atoms with Crippen LogP contribution in [0.3, 0.4) is 0 Å². The molecule has 1 heterocycles. The van der Waals surface area contributed by atoms with Crippen LogP contribution in [0.4, 0.5) is 0 Å². The van der Waals surface area contributed by atoms with E-state index in [1.807, 2.05) is 6.92 Å². The fourth-order valence-corrected chi connectivity index (χ4v) is 4.26. The number of hydrogen-bond acceptors (Lipinski definition) is 4. The van der Waals surface area contributed by atoms with Crippen LogP contribution in [-0.4, -0.2) is 38.4 Å². The van der Waals surface area contributed by atoms with E-state index < -0.39 is 10.0 Å². The van der Waals surface area contributed by atoms with E-state index in [2.05, 4.69) is 4.72 Å². The highest BCUT2D eigenvalue weighted by Crippen LogP contribution is 2.26. The van der Waals surface area contributed by atoms with Gasteiger partial charge in [-0.15, -0.1) is 11.3 Å². The van der Waals surface area contributed by atoms with Gasteiger partial charge in [0.05, 0.1) is 0 Å². The summed E-state index contributed by atoms with van der Waals surface area (Å²) >= 11 is 1.25. The molecule has 1 saturated carbocycles. The number of nitrogens with one attached hydrogen (secondary N) is 1. The molecule has 0 aromatic carbocycles. The zero-order valence-corrected chi connectivity index (χ0v) is 12.7. The van der Waals surface area contributed by atoms with Crippen molar-refractivity contribution in [2.75, 3.05) is 13.1 Å². The molecule has 5 nitrogen and oxygen atoms in total. The molecule has 0 bridgehead atoms. The lowest BCUT2D eigenvalue weighted by molar-refractivity contribution is -0.129. The minimum absolute atomic E-state index is 0.00802. The van der Waals surface area contributed by atoms with Gasteiger partial charge in [-0.05, 0) is 31.9 Å². The fraction of sp³-hybridized carbons (Fsp3) is 0.583. The third kappa shape index (κ3) is 3.77. The number of amides is 1. The number of aryl methyl sites for hydroxylation is 1. The van der Waals surface area contributed by atoms with Crippen molar-refractivity contribution >= 4 is 27.3 Å². The number of nitrogens with zero attached hydrogens (tertiary/aromatic N) is 1. The summed E-state index contributed by atoms with van der Waals surface area (Å²) in [5, 5.41) is 0. The molecule has 106 valence electrons. The Balaban J connectivity index is 1.89. The molecule has 1 aliphatic rings. The molecule has 0 saturated heterocycles. The second-order valence-corrected chi connectivity index (χ2v) is 7.99. The molecular weight excluding hydrogens is 284 g/mol. The van der Waals surface area contributed by atoms with Crippen LogP contribution in [0.5, 0.6) is 0 Å². The Hall–Kier alpha value is -0.920. The maximum absolute atomic E-state index is 12.0. The highest BCUT2D eigenvalue weighted by molar-refractivity contribution is 7.91. The molecule has 19 heavy (non-hydrogen) atoms. The Kier molecular flexibility index (Phi) is 4.27. The lowest BCUT2D eigenvalue weighted by Crippen LogP contribution is -2.38. The number of carbonyl (C=O) groups is 1. The van der Waals surface area contributed by atoms with Gasteiger partial charge >= 0.3 is 0 Å². The second-order valence-electron chi connectivity index (χ2n) is 4.71. The summed E-state index contributed by atoms with van der Waals surface area (Å²) in [7, 11) is -3.44. The van der Waals surface area contributed by atoms with Gasteiger partial charge in [-0.1, -0.05) is 0 Å². The van der Waals surface area contributed by atoms with E-state index in [0.717, 1.165) is 17.7 Å². The van der Waals surface area contributed by atoms with E-state index in [9.17, 15) is 13.2 Å². The Morgan fingerprint density at radius 2 is 2.16 bits per heavy atom. The molecule has 1 fully saturated rings. The molecule has 1 aliphatic carbocycles. The Bertz CT molecular complexity index is 561. The Morgan fingerprint density at radius 1 is 1.47 bits per heavy atom. The minimum Gasteiger partial charge on any atom is -0.339 e. The topological polar surface area (TPSA) is 66.5 Å². The first kappa shape index (κ1) is 14.5. The third-order valence-electron chi connectivity index (χ3n) is 3.02. The zero-order valence-electron chi connectivity index (χ0n) is 11.0. The summed E-state index contributed by atoms with van der Waals surface area (Å²) in [6.45, 7) is 4.09. The van der Waals surface area contributed by atoms with Crippen LogP contribution in [-0.2, 0) is 14.8 Å². The molecule has 2 rings (SSSR count). The average molecular weight is 302 g/mol. The minimum atomic E-state index is -3.44. The van der Waals surface area contributed by atoms with Crippen LogP contribution in [0.2, 0.25) is 0 Å². The first-order valence-corrected chi connectivity index (χ1v) is 8.53. The largest absolute Gasteiger partial charge is 0.339 e. The fourth-order valence-electron chi connectivity index (χ4n) is 1.91. The van der Waals surface area contributed by atoms with Gasteiger partial charge in [0.15, 0.2) is 0 Å². The van der Waals surface area contributed by atoms with Crippen molar-refractivity contribution in [3.63, 3.8) is 0 Å². The number of thiophene rings is 1. The molecule has 0 atom stereocenters. The molecule has 0 aliphatic heterocycles. The van der Waals surface area contributed by atoms with Crippen molar-refractivity contribution in [2.45, 2.75) is 36.9 Å². The maximum Gasteiger partial charge on any atom is 0.250 e. The first-order valence-electron chi connectivity index (χ1n) is 6.23. The summed E-state index contributed by atoms with van der Waals surface area (Å²) in [4.78, 5) is 14.1. The SMILES string of the molecule is CC(=O)N(CCNS(=O)(=O)c1ccc(C)s1)C1CC1. The van der Waals surface area contributed by atoms with E-state index in [1.165, 1.54) is 18.3 Å². The number of hydrogen-bond donors (Lipinski definition) is 1. The van der Waals surface area contributed by atoms with Gasteiger partial charge < -0.3 is 4.90 Å². The van der Waals surface area contributed by atoms with E-state index in [4.69, 9.17) is 0 Å². The van der Waals surface area contributed by atoms with Crippen molar-refractivity contribution in [1.82, 2.24) is 9.62 Å². The van der Waals surface area contributed by atoms with Crippen LogP contribution in [0.15, 0.2) is 16.3 Å². The predicted octanol–water partition coefficient (Wildman–Crippen LogP) is 1.35. The van der Waals surface area contributed by atoms with Crippen molar-refractivity contribution in [1.29, 1.82) is 0 Å². The quantitative estimate of drug-likeness (QED) is 0.862. The van der Waals surface area contributed by atoms with Gasteiger partial charge in [-0.25, -0.2) is 13.1 Å². The van der Waals surface area contributed by atoms with Crippen LogP contribution >= 0.6 is 11.3 Å². The highest BCUT2D eigenvalue weighted by Gasteiger charge is 2.30. The predicted molar refractivity (Wildman–Crippen MR) is 74.7 cm³/mol. The van der Waals surface area contributed by atoms with Crippen LogP contribution in [0.25, 0.3) is 0 Å². The number of rotatable bonds is 6. The molecule has 0 unspecified atom stereocenters. The smallest absolute Gasteiger partial charge is 0.250 e. The van der Waals surface area contributed by atoms with Crippen LogP contribution < -0.4 is 4.72 Å². The second kappa shape index (κ2) is 5.60. The normalized spacial score (nSPS) is 15.5. The third-order valence-corrected chi connectivity index (χ3v) is 5.97. The molecule has 0 spiro atoms. The molecule has 7 heteroatoms. The zero-order chi connectivity index (χ0) is 14.0. The molecule has 1 amide bonds. The molecule has 1 N–H and O–H groups in total. The van der Waals surface area contributed by atoms with E-state index >= 15 is 0 Å². The van der Waals surface area contributed by atoms with E-state index in [-0.39, 0.29) is 12.5 Å². The first-order chi connectivity index (χ1) is 8.90. The van der Waals surface area contributed by atoms with Crippen molar-refractivity contribution in [2.24, 2.45) is 0 Å². The highest BCUT2D eigenvalue weighted by atomic mass is 32.2. The Morgan fingerprint density at radius 3 is 2.63 bits per heavy atom. The van der Waals surface area contributed by atoms with Crippen LogP contribution in [0.1, 0.15) is 24.6 Å². The van der Waals surface area contributed by atoms with E-state index in [0.29, 0.717) is 16.8 Å². The Labute approximate surface area is 117 Å². The molecule has 1 aromatic heterocycles. The lowest BCUT2D eigenvalue weighted by atomic mass is 10.4. The number of carbonyl (C=O) groups excluding carboxylic acids is 1. The summed E-state index contributed by atoms with van der Waals surface area (Å²) in [5.41, 5.74) is 0. The molecular formula is C12H18N2O3S2. The van der Waals surface area contributed by atoms with Crippen molar-refractivity contribution in [3.8, 4) is 0 Å². The molecule has 1 aromatic rings. The summed E-state index contributed by atoms with van der Waals surface area (Å²) in [5.74, 6) is 0.00802. The maximum atomic E-state index is 12.0. The van der Waals surface area contributed by atoms with Gasteiger partial charge in [0.1, 0.15) is 4.21 Å². The van der Waals surface area contributed by atoms with Gasteiger partial charge in [-0.2, -0.15) is 0 Å². The van der Waals surface area contributed by atoms with Gasteiger partial charge in [0.2, 0.25) is 15.9 Å². The molecule has 0 radical (unpaired) electrons. The van der Waals surface area contributed by atoms with Crippen molar-refractivity contribution in [3.05, 3.63) is 17.0 Å². The summed E-state index contributed by atoms with van der Waals surface area (Å²) in [6, 6.07) is 3.70. The number of sulfonamides is 1. The average Bonchev–Trinajstić information content (AvgIpc) is 3.05.